The second kappa shape index (κ2) is 6.98. The number of carbonyl (C=O) groups is 1. The number of hydrogen-bond acceptors (Lipinski definition) is 3. The van der Waals surface area contributed by atoms with Gasteiger partial charge in [0, 0.05) is 13.1 Å². The summed E-state index contributed by atoms with van der Waals surface area (Å²) in [5.74, 6) is 0.0225. The first-order chi connectivity index (χ1) is 7.77. The quantitative estimate of drug-likeness (QED) is 0.598. The smallest absolute Gasteiger partial charge is 0.224 e. The van der Waals surface area contributed by atoms with Crippen LogP contribution in [-0.2, 0) is 17.8 Å². The Bertz CT molecular complexity index is 339. The van der Waals surface area contributed by atoms with Crippen LogP contribution in [0.25, 0.3) is 0 Å². The molecule has 0 aliphatic carbocycles. The molecule has 0 aliphatic heterocycles. The number of amides is 1. The number of benzene rings is 1. The Balaban J connectivity index is 2.49. The third-order valence-electron chi connectivity index (χ3n) is 2.39. The van der Waals surface area contributed by atoms with E-state index < -0.39 is 0 Å². The van der Waals surface area contributed by atoms with Crippen molar-refractivity contribution in [3.8, 4) is 0 Å². The lowest BCUT2D eigenvalue weighted by Crippen LogP contribution is -2.27. The van der Waals surface area contributed by atoms with Gasteiger partial charge in [-0.1, -0.05) is 24.3 Å². The monoisotopic (exact) mass is 221 g/mol. The molecule has 0 aromatic heterocycles. The molecule has 0 fully saturated rings. The molecule has 16 heavy (non-hydrogen) atoms. The van der Waals surface area contributed by atoms with Crippen LogP contribution < -0.4 is 16.8 Å². The van der Waals surface area contributed by atoms with E-state index in [0.717, 1.165) is 17.5 Å². The normalized spacial score (nSPS) is 10.1. The fourth-order valence-corrected chi connectivity index (χ4v) is 1.49. The SMILES string of the molecule is NCCCNC(=O)Cc1ccccc1CN. The molecule has 0 unspecified atom stereocenters. The molecule has 0 aliphatic rings. The molecule has 0 saturated heterocycles. The molecule has 0 atom stereocenters. The largest absolute Gasteiger partial charge is 0.356 e. The molecule has 4 nitrogen and oxygen atoms in total. The highest BCUT2D eigenvalue weighted by atomic mass is 16.1. The predicted octanol–water partition coefficient (Wildman–Crippen LogP) is 0.153. The Kier molecular flexibility index (Phi) is 5.53. The third kappa shape index (κ3) is 4.00. The number of rotatable bonds is 6. The zero-order valence-electron chi connectivity index (χ0n) is 9.41. The maximum Gasteiger partial charge on any atom is 0.224 e. The summed E-state index contributed by atoms with van der Waals surface area (Å²) in [4.78, 5) is 11.6. The van der Waals surface area contributed by atoms with Crippen molar-refractivity contribution < 1.29 is 4.79 Å². The van der Waals surface area contributed by atoms with E-state index in [0.29, 0.717) is 26.1 Å². The molecule has 1 rings (SSSR count). The third-order valence-corrected chi connectivity index (χ3v) is 2.39. The topological polar surface area (TPSA) is 81.1 Å². The van der Waals surface area contributed by atoms with E-state index in [4.69, 9.17) is 11.5 Å². The van der Waals surface area contributed by atoms with Gasteiger partial charge < -0.3 is 16.8 Å². The second-order valence-corrected chi connectivity index (χ2v) is 3.64. The summed E-state index contributed by atoms with van der Waals surface area (Å²) in [6.45, 7) is 1.70. The van der Waals surface area contributed by atoms with Crippen LogP contribution >= 0.6 is 0 Å². The van der Waals surface area contributed by atoms with E-state index in [1.165, 1.54) is 0 Å². The molecule has 5 N–H and O–H groups in total. The fourth-order valence-electron chi connectivity index (χ4n) is 1.49. The van der Waals surface area contributed by atoms with E-state index >= 15 is 0 Å². The van der Waals surface area contributed by atoms with Crippen LogP contribution in [0.1, 0.15) is 17.5 Å². The summed E-state index contributed by atoms with van der Waals surface area (Å²) in [7, 11) is 0. The van der Waals surface area contributed by atoms with Crippen molar-refractivity contribution in [1.29, 1.82) is 0 Å². The van der Waals surface area contributed by atoms with E-state index in [2.05, 4.69) is 5.32 Å². The minimum Gasteiger partial charge on any atom is -0.356 e. The minimum atomic E-state index is 0.0225. The lowest BCUT2D eigenvalue weighted by atomic mass is 10.0. The molecule has 88 valence electrons. The standard InChI is InChI=1S/C12H19N3O/c13-6-3-7-15-12(16)8-10-4-1-2-5-11(10)9-14/h1-2,4-5H,3,6-9,13-14H2,(H,15,16). The molecule has 0 saturated carbocycles. The van der Waals surface area contributed by atoms with Gasteiger partial charge in [0.05, 0.1) is 6.42 Å². The lowest BCUT2D eigenvalue weighted by molar-refractivity contribution is -0.120. The first-order valence-corrected chi connectivity index (χ1v) is 5.51. The van der Waals surface area contributed by atoms with E-state index in [-0.39, 0.29) is 5.91 Å². The van der Waals surface area contributed by atoms with Gasteiger partial charge in [0.25, 0.3) is 0 Å². The molecule has 4 heteroatoms. The predicted molar refractivity (Wildman–Crippen MR) is 64.7 cm³/mol. The molecule has 1 aromatic carbocycles. The maximum atomic E-state index is 11.6. The van der Waals surface area contributed by atoms with Crippen molar-refractivity contribution in [2.45, 2.75) is 19.4 Å². The number of nitrogens with two attached hydrogens (primary N) is 2. The van der Waals surface area contributed by atoms with Gasteiger partial charge in [-0.25, -0.2) is 0 Å². The fraction of sp³-hybridized carbons (Fsp3) is 0.417. The van der Waals surface area contributed by atoms with Gasteiger partial charge in [-0.3, -0.25) is 4.79 Å². The van der Waals surface area contributed by atoms with Gasteiger partial charge in [-0.15, -0.1) is 0 Å². The minimum absolute atomic E-state index is 0.0225. The van der Waals surface area contributed by atoms with Gasteiger partial charge >= 0.3 is 0 Å². The van der Waals surface area contributed by atoms with Gasteiger partial charge in [0.15, 0.2) is 0 Å². The highest BCUT2D eigenvalue weighted by Gasteiger charge is 2.05. The van der Waals surface area contributed by atoms with Crippen molar-refractivity contribution in [1.82, 2.24) is 5.32 Å². The summed E-state index contributed by atoms with van der Waals surface area (Å²) in [5, 5.41) is 2.82. The molecular weight excluding hydrogens is 202 g/mol. The van der Waals surface area contributed by atoms with Crippen LogP contribution in [-0.4, -0.2) is 19.0 Å². The zero-order valence-corrected chi connectivity index (χ0v) is 9.41. The first-order valence-electron chi connectivity index (χ1n) is 5.51. The van der Waals surface area contributed by atoms with E-state index in [1.807, 2.05) is 24.3 Å². The maximum absolute atomic E-state index is 11.6. The summed E-state index contributed by atoms with van der Waals surface area (Å²) in [6.07, 6.45) is 1.20. The Morgan fingerprint density at radius 2 is 1.88 bits per heavy atom. The van der Waals surface area contributed by atoms with Crippen LogP contribution in [0.5, 0.6) is 0 Å². The molecule has 1 amide bonds. The number of nitrogens with one attached hydrogen (secondary N) is 1. The number of carbonyl (C=O) groups excluding carboxylic acids is 1. The summed E-state index contributed by atoms with van der Waals surface area (Å²) in [5.41, 5.74) is 13.0. The second-order valence-electron chi connectivity index (χ2n) is 3.64. The Hall–Kier alpha value is -1.39. The lowest BCUT2D eigenvalue weighted by Gasteiger charge is -2.08. The van der Waals surface area contributed by atoms with Gasteiger partial charge in [-0.2, -0.15) is 0 Å². The Labute approximate surface area is 96.0 Å². The Morgan fingerprint density at radius 3 is 2.50 bits per heavy atom. The van der Waals surface area contributed by atoms with Crippen LogP contribution in [0.2, 0.25) is 0 Å². The summed E-state index contributed by atoms with van der Waals surface area (Å²) in [6, 6.07) is 7.73. The average molecular weight is 221 g/mol. The van der Waals surface area contributed by atoms with Crippen LogP contribution in [0.4, 0.5) is 0 Å². The zero-order chi connectivity index (χ0) is 11.8. The molecule has 0 spiro atoms. The van der Waals surface area contributed by atoms with Crippen LogP contribution in [0.15, 0.2) is 24.3 Å². The molecule has 0 bridgehead atoms. The first kappa shape index (κ1) is 12.7. The highest BCUT2D eigenvalue weighted by molar-refractivity contribution is 5.78. The summed E-state index contributed by atoms with van der Waals surface area (Å²) >= 11 is 0. The van der Waals surface area contributed by atoms with Gasteiger partial charge in [0.2, 0.25) is 5.91 Å². The van der Waals surface area contributed by atoms with Crippen molar-refractivity contribution in [2.24, 2.45) is 11.5 Å². The molecular formula is C12H19N3O. The van der Waals surface area contributed by atoms with Crippen LogP contribution in [0.3, 0.4) is 0 Å². The van der Waals surface area contributed by atoms with E-state index in [1.54, 1.807) is 0 Å². The van der Waals surface area contributed by atoms with Crippen molar-refractivity contribution in [2.75, 3.05) is 13.1 Å². The summed E-state index contributed by atoms with van der Waals surface area (Å²) < 4.78 is 0. The highest BCUT2D eigenvalue weighted by Crippen LogP contribution is 2.08. The molecule has 0 radical (unpaired) electrons. The van der Waals surface area contributed by atoms with Crippen molar-refractivity contribution in [3.05, 3.63) is 35.4 Å². The molecule has 1 aromatic rings. The van der Waals surface area contributed by atoms with Gasteiger partial charge in [-0.05, 0) is 24.1 Å². The number of hydrogen-bond donors (Lipinski definition) is 3. The molecule has 0 heterocycles. The average Bonchev–Trinajstić information content (AvgIpc) is 2.30. The van der Waals surface area contributed by atoms with Gasteiger partial charge in [0.1, 0.15) is 0 Å². The Morgan fingerprint density at radius 1 is 1.19 bits per heavy atom. The van der Waals surface area contributed by atoms with Crippen LogP contribution in [0, 0.1) is 0 Å². The van der Waals surface area contributed by atoms with Crippen molar-refractivity contribution in [3.63, 3.8) is 0 Å². The van der Waals surface area contributed by atoms with E-state index in [9.17, 15) is 4.79 Å². The van der Waals surface area contributed by atoms with Crippen molar-refractivity contribution >= 4 is 5.91 Å².